The van der Waals surface area contributed by atoms with Crippen molar-refractivity contribution in [2.75, 3.05) is 0 Å². The number of carbonyl (C=O) groups excluding carboxylic acids is 2. The SMILES string of the molecule is CC(C)CCC[C@@H](C)CCC1C(=O)NC(=S)NC1=O. The number of amides is 2. The van der Waals surface area contributed by atoms with Crippen LogP contribution in [0.4, 0.5) is 0 Å². The van der Waals surface area contributed by atoms with Gasteiger partial charge in [-0.15, -0.1) is 0 Å². The molecule has 2 N–H and O–H groups in total. The van der Waals surface area contributed by atoms with E-state index in [2.05, 4.69) is 31.4 Å². The summed E-state index contributed by atoms with van der Waals surface area (Å²) in [5.74, 6) is 0.182. The molecule has 4 nitrogen and oxygen atoms in total. The Balaban J connectivity index is 2.29. The van der Waals surface area contributed by atoms with Crippen LogP contribution in [0.15, 0.2) is 0 Å². The molecule has 0 unspecified atom stereocenters. The summed E-state index contributed by atoms with van der Waals surface area (Å²) in [6.07, 6.45) is 5.11. The van der Waals surface area contributed by atoms with Gasteiger partial charge in [-0.2, -0.15) is 0 Å². The molecule has 0 aromatic heterocycles. The van der Waals surface area contributed by atoms with E-state index in [-0.39, 0.29) is 16.9 Å². The fourth-order valence-corrected chi connectivity index (χ4v) is 2.48. The molecule has 1 heterocycles. The van der Waals surface area contributed by atoms with E-state index in [0.717, 1.165) is 18.8 Å². The van der Waals surface area contributed by atoms with Gasteiger partial charge in [0, 0.05) is 0 Å². The van der Waals surface area contributed by atoms with Crippen LogP contribution in [0, 0.1) is 17.8 Å². The van der Waals surface area contributed by atoms with Crippen LogP contribution in [-0.2, 0) is 9.59 Å². The second-order valence-corrected chi connectivity index (χ2v) is 6.28. The molecule has 1 atom stereocenters. The van der Waals surface area contributed by atoms with Crippen LogP contribution in [0.25, 0.3) is 0 Å². The normalized spacial score (nSPS) is 18.4. The summed E-state index contributed by atoms with van der Waals surface area (Å²) < 4.78 is 0. The van der Waals surface area contributed by atoms with E-state index in [1.807, 2.05) is 0 Å². The summed E-state index contributed by atoms with van der Waals surface area (Å²) in [5, 5.41) is 5.13. The Labute approximate surface area is 120 Å². The number of rotatable bonds is 7. The molecule has 0 spiro atoms. The van der Waals surface area contributed by atoms with Gasteiger partial charge in [0.25, 0.3) is 0 Å². The van der Waals surface area contributed by atoms with E-state index in [9.17, 15) is 9.59 Å². The first-order chi connectivity index (χ1) is 8.90. The Morgan fingerprint density at radius 3 is 2.16 bits per heavy atom. The Morgan fingerprint density at radius 2 is 1.63 bits per heavy atom. The molecule has 1 saturated heterocycles. The molecule has 2 amide bonds. The standard InChI is InChI=1S/C14H24N2O2S/c1-9(2)5-4-6-10(3)7-8-11-12(17)15-14(19)16-13(11)18/h9-11H,4-8H2,1-3H3,(H2,15,16,17,18,19)/t10-/m1/s1. The zero-order valence-corrected chi connectivity index (χ0v) is 12.8. The van der Waals surface area contributed by atoms with Crippen LogP contribution in [0.5, 0.6) is 0 Å². The molecule has 0 aromatic rings. The molecule has 5 heteroatoms. The first-order valence-electron chi connectivity index (χ1n) is 7.05. The van der Waals surface area contributed by atoms with Gasteiger partial charge in [-0.25, -0.2) is 0 Å². The predicted molar refractivity (Wildman–Crippen MR) is 79.5 cm³/mol. The number of carbonyl (C=O) groups is 2. The molecule has 0 aliphatic carbocycles. The molecular weight excluding hydrogens is 260 g/mol. The average molecular weight is 284 g/mol. The van der Waals surface area contributed by atoms with Crippen molar-refractivity contribution in [1.82, 2.24) is 10.6 Å². The Hall–Kier alpha value is -0.970. The fourth-order valence-electron chi connectivity index (χ4n) is 2.28. The van der Waals surface area contributed by atoms with E-state index < -0.39 is 5.92 Å². The van der Waals surface area contributed by atoms with E-state index in [0.29, 0.717) is 12.3 Å². The summed E-state index contributed by atoms with van der Waals surface area (Å²) in [6.45, 7) is 6.64. The van der Waals surface area contributed by atoms with Crippen molar-refractivity contribution in [1.29, 1.82) is 0 Å². The van der Waals surface area contributed by atoms with Crippen LogP contribution >= 0.6 is 12.2 Å². The zero-order valence-electron chi connectivity index (χ0n) is 12.0. The summed E-state index contributed by atoms with van der Waals surface area (Å²) in [5.41, 5.74) is 0. The smallest absolute Gasteiger partial charge is 0.238 e. The Kier molecular flexibility index (Phi) is 6.42. The lowest BCUT2D eigenvalue weighted by Gasteiger charge is -2.23. The van der Waals surface area contributed by atoms with Crippen molar-refractivity contribution < 1.29 is 9.59 Å². The molecule has 0 saturated carbocycles. The molecule has 19 heavy (non-hydrogen) atoms. The van der Waals surface area contributed by atoms with Gasteiger partial charge in [-0.1, -0.05) is 40.0 Å². The van der Waals surface area contributed by atoms with Crippen LogP contribution in [0.2, 0.25) is 0 Å². The van der Waals surface area contributed by atoms with Gasteiger partial charge in [-0.3, -0.25) is 9.59 Å². The van der Waals surface area contributed by atoms with Crippen molar-refractivity contribution in [3.8, 4) is 0 Å². The zero-order chi connectivity index (χ0) is 14.4. The predicted octanol–water partition coefficient (Wildman–Crippen LogP) is 2.38. The number of hydrogen-bond donors (Lipinski definition) is 2. The lowest BCUT2D eigenvalue weighted by Crippen LogP contribution is -2.55. The highest BCUT2D eigenvalue weighted by Crippen LogP contribution is 2.20. The molecule has 108 valence electrons. The highest BCUT2D eigenvalue weighted by Gasteiger charge is 2.32. The van der Waals surface area contributed by atoms with Crippen molar-refractivity contribution in [2.45, 2.75) is 52.9 Å². The summed E-state index contributed by atoms with van der Waals surface area (Å²) in [6, 6.07) is 0. The largest absolute Gasteiger partial charge is 0.302 e. The summed E-state index contributed by atoms with van der Waals surface area (Å²) in [4.78, 5) is 23.3. The van der Waals surface area contributed by atoms with E-state index in [4.69, 9.17) is 12.2 Å². The average Bonchev–Trinajstić information content (AvgIpc) is 2.26. The van der Waals surface area contributed by atoms with Gasteiger partial charge in [0.2, 0.25) is 11.8 Å². The second kappa shape index (κ2) is 7.58. The van der Waals surface area contributed by atoms with E-state index >= 15 is 0 Å². The third-order valence-electron chi connectivity index (χ3n) is 3.53. The quantitative estimate of drug-likeness (QED) is 0.557. The molecule has 0 bridgehead atoms. The highest BCUT2D eigenvalue weighted by molar-refractivity contribution is 7.80. The number of hydrogen-bond acceptors (Lipinski definition) is 3. The van der Waals surface area contributed by atoms with Gasteiger partial charge in [-0.05, 0) is 36.9 Å². The van der Waals surface area contributed by atoms with Crippen molar-refractivity contribution in [3.63, 3.8) is 0 Å². The maximum Gasteiger partial charge on any atom is 0.238 e. The van der Waals surface area contributed by atoms with Crippen LogP contribution in [0.3, 0.4) is 0 Å². The number of thiocarbonyl (C=S) groups is 1. The van der Waals surface area contributed by atoms with Crippen LogP contribution in [-0.4, -0.2) is 16.9 Å². The first-order valence-corrected chi connectivity index (χ1v) is 7.46. The van der Waals surface area contributed by atoms with Gasteiger partial charge in [0.15, 0.2) is 5.11 Å². The summed E-state index contributed by atoms with van der Waals surface area (Å²) in [7, 11) is 0. The summed E-state index contributed by atoms with van der Waals surface area (Å²) >= 11 is 4.77. The van der Waals surface area contributed by atoms with Gasteiger partial charge >= 0.3 is 0 Å². The minimum Gasteiger partial charge on any atom is -0.302 e. The van der Waals surface area contributed by atoms with E-state index in [1.165, 1.54) is 12.8 Å². The molecule has 1 aliphatic heterocycles. The van der Waals surface area contributed by atoms with Crippen LogP contribution in [0.1, 0.15) is 52.9 Å². The van der Waals surface area contributed by atoms with Gasteiger partial charge < -0.3 is 10.6 Å². The van der Waals surface area contributed by atoms with Crippen LogP contribution < -0.4 is 10.6 Å². The van der Waals surface area contributed by atoms with Gasteiger partial charge in [0.1, 0.15) is 5.92 Å². The minimum atomic E-state index is -0.584. The molecule has 1 aliphatic rings. The molecule has 0 radical (unpaired) electrons. The lowest BCUT2D eigenvalue weighted by atomic mass is 9.91. The first kappa shape index (κ1) is 16.1. The fraction of sp³-hybridized carbons (Fsp3) is 0.786. The van der Waals surface area contributed by atoms with Crippen molar-refractivity contribution in [2.24, 2.45) is 17.8 Å². The molecule has 1 fully saturated rings. The highest BCUT2D eigenvalue weighted by atomic mass is 32.1. The monoisotopic (exact) mass is 284 g/mol. The lowest BCUT2D eigenvalue weighted by molar-refractivity contribution is -0.135. The molecular formula is C14H24N2O2S. The Bertz CT molecular complexity index is 335. The molecule has 1 rings (SSSR count). The van der Waals surface area contributed by atoms with Crippen molar-refractivity contribution in [3.05, 3.63) is 0 Å². The maximum absolute atomic E-state index is 11.7. The molecule has 0 aromatic carbocycles. The third-order valence-corrected chi connectivity index (χ3v) is 3.74. The third kappa shape index (κ3) is 5.68. The van der Waals surface area contributed by atoms with Crippen molar-refractivity contribution >= 4 is 29.1 Å². The minimum absolute atomic E-state index is 0.122. The Morgan fingerprint density at radius 1 is 1.05 bits per heavy atom. The maximum atomic E-state index is 11.7. The van der Waals surface area contributed by atoms with E-state index in [1.54, 1.807) is 0 Å². The topological polar surface area (TPSA) is 58.2 Å². The number of nitrogens with one attached hydrogen (secondary N) is 2. The van der Waals surface area contributed by atoms with Gasteiger partial charge in [0.05, 0.1) is 0 Å². The second-order valence-electron chi connectivity index (χ2n) is 5.87.